The molecule has 3 aliphatic rings. The van der Waals surface area contributed by atoms with Crippen LogP contribution >= 0.6 is 0 Å². The number of hydrogen-bond acceptors (Lipinski definition) is 6. The molecule has 0 radical (unpaired) electrons. The highest BCUT2D eigenvalue weighted by Crippen LogP contribution is 2.44. The lowest BCUT2D eigenvalue weighted by atomic mass is 9.78. The van der Waals surface area contributed by atoms with E-state index in [1.807, 2.05) is 36.4 Å². The van der Waals surface area contributed by atoms with Gasteiger partial charge in [0.15, 0.2) is 5.79 Å². The van der Waals surface area contributed by atoms with Crippen LogP contribution in [0.4, 0.5) is 4.79 Å². The largest absolute Gasteiger partial charge is 0.548 e. The predicted octanol–water partition coefficient (Wildman–Crippen LogP) is 2.33. The van der Waals surface area contributed by atoms with Gasteiger partial charge >= 0.3 is 6.09 Å². The molecule has 5 rings (SSSR count). The first-order valence-electron chi connectivity index (χ1n) is 10.6. The number of carboxylic acid groups (broad SMARTS) is 1. The van der Waals surface area contributed by atoms with E-state index in [1.165, 1.54) is 0 Å². The quantitative estimate of drug-likeness (QED) is 0.812. The first kappa shape index (κ1) is 20.0. The number of rotatable bonds is 4. The van der Waals surface area contributed by atoms with Gasteiger partial charge in [0.25, 0.3) is 0 Å². The van der Waals surface area contributed by atoms with Gasteiger partial charge in [-0.1, -0.05) is 48.5 Å². The van der Waals surface area contributed by atoms with Crippen molar-refractivity contribution in [2.75, 3.05) is 19.8 Å². The summed E-state index contributed by atoms with van der Waals surface area (Å²) in [7, 11) is 0. The van der Waals surface area contributed by atoms with Gasteiger partial charge in [-0.25, -0.2) is 4.79 Å². The van der Waals surface area contributed by atoms with E-state index in [2.05, 4.69) is 17.4 Å². The van der Waals surface area contributed by atoms with Crippen LogP contribution in [-0.4, -0.2) is 43.2 Å². The molecule has 2 aliphatic carbocycles. The number of amides is 1. The van der Waals surface area contributed by atoms with E-state index in [0.717, 1.165) is 22.3 Å². The maximum atomic E-state index is 12.6. The maximum Gasteiger partial charge on any atom is 0.407 e. The number of ether oxygens (including phenoxy) is 3. The smallest absolute Gasteiger partial charge is 0.407 e. The molecule has 1 N–H and O–H groups in total. The fraction of sp³-hybridized carbons (Fsp3) is 0.417. The van der Waals surface area contributed by atoms with E-state index < -0.39 is 23.4 Å². The van der Waals surface area contributed by atoms with E-state index >= 15 is 0 Å². The molecule has 7 nitrogen and oxygen atoms in total. The Morgan fingerprint density at radius 2 is 1.48 bits per heavy atom. The molecule has 1 heterocycles. The normalized spacial score (nSPS) is 20.8. The Balaban J connectivity index is 1.27. The zero-order valence-corrected chi connectivity index (χ0v) is 17.1. The summed E-state index contributed by atoms with van der Waals surface area (Å²) < 4.78 is 16.9. The average molecular weight is 422 g/mol. The number of aliphatic carboxylic acids is 1. The number of alkyl carbamates (subject to hydrolysis) is 1. The van der Waals surface area contributed by atoms with Crippen molar-refractivity contribution in [1.29, 1.82) is 0 Å². The Morgan fingerprint density at radius 1 is 0.935 bits per heavy atom. The number of carbonyl (C=O) groups excluding carboxylic acids is 2. The molecule has 1 saturated carbocycles. The Bertz CT molecular complexity index is 957. The number of carboxylic acids is 1. The number of carbonyl (C=O) groups is 2. The Kier molecular flexibility index (Phi) is 4.95. The molecule has 2 fully saturated rings. The number of nitrogens with one attached hydrogen (secondary N) is 1. The summed E-state index contributed by atoms with van der Waals surface area (Å²) in [5.74, 6) is -2.14. The van der Waals surface area contributed by atoms with Crippen LogP contribution in [0.25, 0.3) is 11.1 Å². The van der Waals surface area contributed by atoms with E-state index in [4.69, 9.17) is 14.2 Å². The van der Waals surface area contributed by atoms with Gasteiger partial charge in [-0.3, -0.25) is 0 Å². The van der Waals surface area contributed by atoms with E-state index in [-0.39, 0.29) is 25.4 Å². The van der Waals surface area contributed by atoms with E-state index in [9.17, 15) is 14.7 Å². The summed E-state index contributed by atoms with van der Waals surface area (Å²) in [6, 6.07) is 16.1. The third-order valence-electron chi connectivity index (χ3n) is 6.75. The third kappa shape index (κ3) is 3.47. The van der Waals surface area contributed by atoms with Crippen LogP contribution in [0.3, 0.4) is 0 Å². The summed E-state index contributed by atoms with van der Waals surface area (Å²) in [6.07, 6.45) is 0.337. The number of benzene rings is 2. The van der Waals surface area contributed by atoms with Gasteiger partial charge in [-0.15, -0.1) is 0 Å². The minimum Gasteiger partial charge on any atom is -0.548 e. The fourth-order valence-electron chi connectivity index (χ4n) is 5.05. The lowest BCUT2D eigenvalue weighted by Crippen LogP contribution is -2.63. The van der Waals surface area contributed by atoms with Crippen molar-refractivity contribution in [3.05, 3.63) is 59.7 Å². The van der Waals surface area contributed by atoms with Crippen LogP contribution in [0.5, 0.6) is 0 Å². The molecule has 1 saturated heterocycles. The topological polar surface area (TPSA) is 96.9 Å². The average Bonchev–Trinajstić information content (AvgIpc) is 3.37. The van der Waals surface area contributed by atoms with E-state index in [0.29, 0.717) is 26.1 Å². The minimum atomic E-state index is -1.48. The van der Waals surface area contributed by atoms with Gasteiger partial charge in [0.2, 0.25) is 0 Å². The van der Waals surface area contributed by atoms with Crippen LogP contribution in [0.1, 0.15) is 42.7 Å². The van der Waals surface area contributed by atoms with Gasteiger partial charge in [-0.05, 0) is 35.1 Å². The SMILES string of the molecule is O=C(NC1(C(=O)[O-])CCC2(CC1)OCCO2)OCC1c2ccccc2-c2ccccc21. The number of fused-ring (bicyclic) bond motifs is 3. The summed E-state index contributed by atoms with van der Waals surface area (Å²) >= 11 is 0. The zero-order chi connectivity index (χ0) is 21.5. The first-order valence-corrected chi connectivity index (χ1v) is 10.6. The number of hydrogen-bond donors (Lipinski definition) is 1. The second kappa shape index (κ2) is 7.66. The molecule has 2 aromatic carbocycles. The monoisotopic (exact) mass is 422 g/mol. The van der Waals surface area contributed by atoms with Crippen molar-refractivity contribution in [3.8, 4) is 11.1 Å². The van der Waals surface area contributed by atoms with Crippen molar-refractivity contribution in [2.45, 2.75) is 42.9 Å². The molecule has 0 unspecified atom stereocenters. The van der Waals surface area contributed by atoms with Gasteiger partial charge in [0, 0.05) is 18.8 Å². The van der Waals surface area contributed by atoms with Crippen LogP contribution in [0, 0.1) is 0 Å². The molecule has 0 atom stereocenters. The van der Waals surface area contributed by atoms with Crippen LogP contribution < -0.4 is 10.4 Å². The molecule has 2 aromatic rings. The second-order valence-electron chi connectivity index (χ2n) is 8.43. The van der Waals surface area contributed by atoms with Crippen LogP contribution in [0.2, 0.25) is 0 Å². The molecule has 1 spiro atoms. The molecule has 162 valence electrons. The van der Waals surface area contributed by atoms with Crippen molar-refractivity contribution in [3.63, 3.8) is 0 Å². The Hall–Kier alpha value is -2.90. The van der Waals surface area contributed by atoms with Crippen LogP contribution in [0.15, 0.2) is 48.5 Å². The Morgan fingerprint density at radius 3 is 2.03 bits per heavy atom. The summed E-state index contributed by atoms with van der Waals surface area (Å²) in [6.45, 7) is 1.12. The highest BCUT2D eigenvalue weighted by atomic mass is 16.7. The predicted molar refractivity (Wildman–Crippen MR) is 109 cm³/mol. The van der Waals surface area contributed by atoms with Crippen LogP contribution in [-0.2, 0) is 19.0 Å². The molecule has 1 aliphatic heterocycles. The van der Waals surface area contributed by atoms with Gasteiger partial charge < -0.3 is 29.4 Å². The maximum absolute atomic E-state index is 12.6. The van der Waals surface area contributed by atoms with Crippen molar-refractivity contribution in [1.82, 2.24) is 5.32 Å². The van der Waals surface area contributed by atoms with Crippen molar-refractivity contribution >= 4 is 12.1 Å². The first-order chi connectivity index (χ1) is 15.0. The highest BCUT2D eigenvalue weighted by Gasteiger charge is 2.48. The van der Waals surface area contributed by atoms with Gasteiger partial charge in [0.1, 0.15) is 6.61 Å². The summed E-state index contributed by atoms with van der Waals surface area (Å²) in [5.41, 5.74) is 2.98. The lowest BCUT2D eigenvalue weighted by molar-refractivity contribution is -0.317. The zero-order valence-electron chi connectivity index (χ0n) is 17.1. The molecule has 1 amide bonds. The highest BCUT2D eigenvalue weighted by molar-refractivity contribution is 5.83. The van der Waals surface area contributed by atoms with Gasteiger partial charge in [-0.2, -0.15) is 0 Å². The minimum absolute atomic E-state index is 0.0908. The van der Waals surface area contributed by atoms with Crippen molar-refractivity contribution in [2.24, 2.45) is 0 Å². The van der Waals surface area contributed by atoms with Crippen molar-refractivity contribution < 1.29 is 28.9 Å². The molecular weight excluding hydrogens is 398 g/mol. The molecular formula is C24H24NO6-. The summed E-state index contributed by atoms with van der Waals surface area (Å²) in [4.78, 5) is 24.6. The second-order valence-corrected chi connectivity index (χ2v) is 8.43. The lowest BCUT2D eigenvalue weighted by Gasteiger charge is -2.44. The standard InChI is InChI=1S/C24H25NO6/c26-21(27)23(9-11-24(12-10-23)30-13-14-31-24)25-22(28)29-15-20-18-7-3-1-5-16(18)17-6-2-4-8-19(17)20/h1-8,20H,9-15H2,(H,25,28)(H,26,27)/p-1. The van der Waals surface area contributed by atoms with Gasteiger partial charge in [0.05, 0.1) is 24.7 Å². The fourth-order valence-corrected chi connectivity index (χ4v) is 5.05. The molecule has 0 bridgehead atoms. The third-order valence-corrected chi connectivity index (χ3v) is 6.75. The molecule has 0 aromatic heterocycles. The molecule has 7 heteroatoms. The summed E-state index contributed by atoms with van der Waals surface area (Å²) in [5, 5.41) is 14.5. The Labute approximate surface area is 180 Å². The van der Waals surface area contributed by atoms with E-state index in [1.54, 1.807) is 0 Å². The molecule has 31 heavy (non-hydrogen) atoms.